The third kappa shape index (κ3) is 6.78. The number of ether oxygens (including phenoxy) is 1. The predicted molar refractivity (Wildman–Crippen MR) is 152 cm³/mol. The van der Waals surface area contributed by atoms with Gasteiger partial charge >= 0.3 is 5.97 Å². The Bertz CT molecular complexity index is 1190. The number of carbonyl (C=O) groups excluding carboxylic acids is 1. The van der Waals surface area contributed by atoms with Gasteiger partial charge in [-0.1, -0.05) is 93.2 Å². The quantitative estimate of drug-likeness (QED) is 0.167. The number of hydrogen-bond donors (Lipinski definition) is 1. The van der Waals surface area contributed by atoms with E-state index in [0.29, 0.717) is 18.3 Å². The minimum absolute atomic E-state index is 0.0599. The minimum Gasteiger partial charge on any atom is -0.461 e. The molecule has 0 bridgehead atoms. The standard InChI is InChI=1S/C31H35N3O3.C2H6/c1-2-23-21-27(36-30(35)31(18-11-3-4-12-19-31)25-15-9-6-10-16-25)26(23)17-20-32-22-28-33-29(37-34-28)24-13-7-5-8-14-24;1-2/h1,5-10,13-16,23,26-27,32H,3-4,11-12,17-22H2;1-2H3/p+1. The second kappa shape index (κ2) is 14.1. The van der Waals surface area contributed by atoms with Gasteiger partial charge in [0.1, 0.15) is 12.6 Å². The van der Waals surface area contributed by atoms with Crippen molar-refractivity contribution in [2.45, 2.75) is 83.3 Å². The third-order valence-electron chi connectivity index (χ3n) is 8.15. The van der Waals surface area contributed by atoms with Crippen molar-refractivity contribution in [1.82, 2.24) is 10.1 Å². The Hall–Kier alpha value is -3.43. The highest BCUT2D eigenvalue weighted by atomic mass is 16.5. The Morgan fingerprint density at radius 2 is 1.72 bits per heavy atom. The molecule has 3 aromatic rings. The molecule has 2 N–H and O–H groups in total. The van der Waals surface area contributed by atoms with Gasteiger partial charge in [-0.3, -0.25) is 4.79 Å². The van der Waals surface area contributed by atoms with Crippen LogP contribution in [0.25, 0.3) is 11.5 Å². The first-order valence-corrected chi connectivity index (χ1v) is 14.6. The molecule has 6 nitrogen and oxygen atoms in total. The van der Waals surface area contributed by atoms with Gasteiger partial charge in [0.25, 0.3) is 5.89 Å². The summed E-state index contributed by atoms with van der Waals surface area (Å²) < 4.78 is 11.7. The van der Waals surface area contributed by atoms with Gasteiger partial charge in [-0.2, -0.15) is 4.98 Å². The highest BCUT2D eigenvalue weighted by Gasteiger charge is 2.47. The van der Waals surface area contributed by atoms with E-state index < -0.39 is 5.41 Å². The van der Waals surface area contributed by atoms with Crippen LogP contribution in [0.4, 0.5) is 0 Å². The second-order valence-corrected chi connectivity index (χ2v) is 10.4. The zero-order valence-electron chi connectivity index (χ0n) is 23.4. The van der Waals surface area contributed by atoms with E-state index in [1.807, 2.05) is 62.4 Å². The molecule has 6 heteroatoms. The number of terminal acetylenes is 1. The normalized spacial score (nSPS) is 21.8. The van der Waals surface area contributed by atoms with Gasteiger partial charge < -0.3 is 14.6 Å². The number of nitrogens with zero attached hydrogens (tertiary/aromatic N) is 2. The molecule has 2 fully saturated rings. The highest BCUT2D eigenvalue weighted by Crippen LogP contribution is 2.43. The van der Waals surface area contributed by atoms with Crippen molar-refractivity contribution >= 4 is 5.97 Å². The third-order valence-corrected chi connectivity index (χ3v) is 8.15. The van der Waals surface area contributed by atoms with E-state index in [0.717, 1.165) is 56.2 Å². The summed E-state index contributed by atoms with van der Waals surface area (Å²) in [4.78, 5) is 18.2. The topological polar surface area (TPSA) is 81.8 Å². The molecule has 39 heavy (non-hydrogen) atoms. The van der Waals surface area contributed by atoms with E-state index in [2.05, 4.69) is 33.5 Å². The van der Waals surface area contributed by atoms with Crippen LogP contribution in [-0.4, -0.2) is 28.8 Å². The summed E-state index contributed by atoms with van der Waals surface area (Å²) in [5.74, 6) is 4.41. The lowest BCUT2D eigenvalue weighted by Gasteiger charge is -2.43. The average molecular weight is 529 g/mol. The molecule has 2 saturated carbocycles. The summed E-state index contributed by atoms with van der Waals surface area (Å²) in [6.07, 6.45) is 13.5. The maximum absolute atomic E-state index is 13.7. The molecular weight excluding hydrogens is 486 g/mol. The number of aromatic nitrogens is 2. The van der Waals surface area contributed by atoms with Crippen LogP contribution in [0.1, 0.15) is 76.6 Å². The van der Waals surface area contributed by atoms with Crippen LogP contribution < -0.4 is 5.32 Å². The molecule has 0 radical (unpaired) electrons. The molecule has 0 aliphatic heterocycles. The van der Waals surface area contributed by atoms with E-state index in [-0.39, 0.29) is 23.9 Å². The fourth-order valence-electron chi connectivity index (χ4n) is 5.90. The fraction of sp³-hybridized carbons (Fsp3) is 0.485. The van der Waals surface area contributed by atoms with E-state index in [1.54, 1.807) is 0 Å². The van der Waals surface area contributed by atoms with E-state index in [9.17, 15) is 4.79 Å². The molecule has 2 aliphatic rings. The summed E-state index contributed by atoms with van der Waals surface area (Å²) in [5.41, 5.74) is 1.47. The van der Waals surface area contributed by atoms with Crippen LogP contribution in [-0.2, 0) is 21.5 Å². The van der Waals surface area contributed by atoms with Crippen LogP contribution in [0.5, 0.6) is 0 Å². The van der Waals surface area contributed by atoms with E-state index >= 15 is 0 Å². The van der Waals surface area contributed by atoms with Gasteiger partial charge in [0.15, 0.2) is 0 Å². The molecule has 0 saturated heterocycles. The van der Waals surface area contributed by atoms with Crippen molar-refractivity contribution in [3.05, 3.63) is 72.1 Å². The summed E-state index contributed by atoms with van der Waals surface area (Å²) in [6, 6.07) is 20.0. The highest BCUT2D eigenvalue weighted by molar-refractivity contribution is 5.83. The Balaban J connectivity index is 0.00000172. The maximum Gasteiger partial charge on any atom is 0.316 e. The summed E-state index contributed by atoms with van der Waals surface area (Å²) >= 11 is 0. The van der Waals surface area contributed by atoms with Crippen LogP contribution in [0.3, 0.4) is 0 Å². The van der Waals surface area contributed by atoms with Crippen molar-refractivity contribution < 1.29 is 19.4 Å². The van der Waals surface area contributed by atoms with Gasteiger partial charge in [0.2, 0.25) is 5.82 Å². The molecule has 206 valence electrons. The van der Waals surface area contributed by atoms with Crippen LogP contribution in [0.2, 0.25) is 0 Å². The average Bonchev–Trinajstić information content (AvgIpc) is 3.32. The molecule has 0 spiro atoms. The SMILES string of the molecule is C#CC1CC(OC(=O)C2(c3ccccc3)CCCCCC2)C1CC[NH2+]Cc1noc(-c2ccccc2)n1.CC. The summed E-state index contributed by atoms with van der Waals surface area (Å²) in [6.45, 7) is 5.49. The molecule has 0 amide bonds. The number of esters is 1. The molecular formula is C33H42N3O3+. The molecule has 1 aromatic heterocycles. The van der Waals surface area contributed by atoms with Gasteiger partial charge in [-0.25, -0.2) is 0 Å². The molecule has 2 aromatic carbocycles. The first-order valence-electron chi connectivity index (χ1n) is 14.6. The Morgan fingerprint density at radius 3 is 2.38 bits per heavy atom. The number of carbonyl (C=O) groups is 1. The Morgan fingerprint density at radius 1 is 1.05 bits per heavy atom. The van der Waals surface area contributed by atoms with Crippen molar-refractivity contribution in [3.8, 4) is 23.8 Å². The largest absolute Gasteiger partial charge is 0.461 e. The Labute approximate surface area is 232 Å². The lowest BCUT2D eigenvalue weighted by molar-refractivity contribution is -0.673. The monoisotopic (exact) mass is 528 g/mol. The Kier molecular flexibility index (Phi) is 10.3. The molecule has 3 atom stereocenters. The van der Waals surface area contributed by atoms with Crippen molar-refractivity contribution in [2.75, 3.05) is 6.54 Å². The lowest BCUT2D eigenvalue weighted by atomic mass is 9.69. The van der Waals surface area contributed by atoms with Crippen molar-refractivity contribution in [1.29, 1.82) is 0 Å². The van der Waals surface area contributed by atoms with Crippen LogP contribution in [0, 0.1) is 24.2 Å². The zero-order valence-corrected chi connectivity index (χ0v) is 23.4. The fourth-order valence-corrected chi connectivity index (χ4v) is 5.90. The zero-order chi connectivity index (χ0) is 27.5. The maximum atomic E-state index is 13.7. The van der Waals surface area contributed by atoms with Gasteiger partial charge in [-0.15, -0.1) is 12.3 Å². The summed E-state index contributed by atoms with van der Waals surface area (Å²) in [7, 11) is 0. The first-order chi connectivity index (χ1) is 19.2. The van der Waals surface area contributed by atoms with Crippen LogP contribution >= 0.6 is 0 Å². The van der Waals surface area contributed by atoms with Crippen LogP contribution in [0.15, 0.2) is 65.2 Å². The molecule has 5 rings (SSSR count). The van der Waals surface area contributed by atoms with Gasteiger partial charge in [0.05, 0.1) is 12.0 Å². The predicted octanol–water partition coefficient (Wildman–Crippen LogP) is 5.69. The molecule has 1 heterocycles. The van der Waals surface area contributed by atoms with E-state index in [1.165, 1.54) is 12.8 Å². The van der Waals surface area contributed by atoms with Gasteiger partial charge in [0, 0.05) is 23.8 Å². The summed E-state index contributed by atoms with van der Waals surface area (Å²) in [5, 5.41) is 6.27. The molecule has 3 unspecified atom stereocenters. The number of hydrogen-bond acceptors (Lipinski definition) is 5. The second-order valence-electron chi connectivity index (χ2n) is 10.4. The molecule has 2 aliphatic carbocycles. The van der Waals surface area contributed by atoms with Crippen molar-refractivity contribution in [2.24, 2.45) is 11.8 Å². The number of rotatable bonds is 9. The smallest absolute Gasteiger partial charge is 0.316 e. The number of benzene rings is 2. The van der Waals surface area contributed by atoms with E-state index in [4.69, 9.17) is 15.7 Å². The minimum atomic E-state index is -0.537. The van der Waals surface area contributed by atoms with Gasteiger partial charge in [-0.05, 0) is 37.0 Å². The lowest BCUT2D eigenvalue weighted by Crippen LogP contribution is -2.83. The number of nitrogens with two attached hydrogens (primary N) is 1. The first kappa shape index (κ1) is 28.6. The number of quaternary nitrogens is 1. The van der Waals surface area contributed by atoms with Crippen molar-refractivity contribution in [3.63, 3.8) is 0 Å².